The summed E-state index contributed by atoms with van der Waals surface area (Å²) >= 11 is 5.03. The zero-order valence-electron chi connectivity index (χ0n) is 5.02. The van der Waals surface area contributed by atoms with Crippen LogP contribution in [0.15, 0.2) is 10.8 Å². The number of imidazole rings is 1. The van der Waals surface area contributed by atoms with Crippen LogP contribution < -0.4 is 0 Å². The van der Waals surface area contributed by atoms with E-state index in [1.807, 2.05) is 0 Å². The Balaban J connectivity index is 2.61. The van der Waals surface area contributed by atoms with E-state index in [0.717, 1.165) is 16.2 Å². The van der Waals surface area contributed by atoms with Crippen molar-refractivity contribution in [1.29, 1.82) is 0 Å². The van der Waals surface area contributed by atoms with Crippen molar-refractivity contribution in [3.8, 4) is 0 Å². The second-order valence-electron chi connectivity index (χ2n) is 1.61. The van der Waals surface area contributed by atoms with E-state index in [1.54, 1.807) is 18.0 Å². The Kier molecular flexibility index (Phi) is 2.60. The molecule has 1 aromatic rings. The molecule has 0 aliphatic rings. The number of thioether (sulfide) groups is 1. The standard InChI is InChI=1S/C5H7BrN2S/c1-9-3-5-7-2-4(6)8-5/h2H,3H2,1H3,(H,7,8). The van der Waals surface area contributed by atoms with E-state index in [0.29, 0.717) is 0 Å². The predicted octanol–water partition coefficient (Wildman–Crippen LogP) is 2.04. The van der Waals surface area contributed by atoms with Gasteiger partial charge >= 0.3 is 0 Å². The molecule has 0 amide bonds. The topological polar surface area (TPSA) is 28.7 Å². The summed E-state index contributed by atoms with van der Waals surface area (Å²) in [6.45, 7) is 0. The minimum Gasteiger partial charge on any atom is -0.336 e. The van der Waals surface area contributed by atoms with Gasteiger partial charge in [-0.2, -0.15) is 11.8 Å². The second kappa shape index (κ2) is 3.27. The summed E-state index contributed by atoms with van der Waals surface area (Å²) < 4.78 is 0.951. The fourth-order valence-corrected chi connectivity index (χ4v) is 1.30. The van der Waals surface area contributed by atoms with Gasteiger partial charge in [-0.3, -0.25) is 0 Å². The van der Waals surface area contributed by atoms with Gasteiger partial charge in [0.05, 0.1) is 11.9 Å². The molecule has 1 rings (SSSR count). The van der Waals surface area contributed by atoms with Crippen LogP contribution in [0.3, 0.4) is 0 Å². The Hall–Kier alpha value is 0.0400. The van der Waals surface area contributed by atoms with Crippen molar-refractivity contribution in [2.45, 2.75) is 5.75 Å². The zero-order chi connectivity index (χ0) is 6.69. The highest BCUT2D eigenvalue weighted by Gasteiger charge is 1.93. The average Bonchev–Trinajstić information content (AvgIpc) is 2.17. The molecule has 1 N–H and O–H groups in total. The number of aromatic amines is 1. The van der Waals surface area contributed by atoms with Crippen molar-refractivity contribution in [3.05, 3.63) is 16.6 Å². The van der Waals surface area contributed by atoms with Crippen molar-refractivity contribution in [2.24, 2.45) is 0 Å². The first-order chi connectivity index (χ1) is 4.33. The molecule has 0 saturated carbocycles. The van der Waals surface area contributed by atoms with Crippen molar-refractivity contribution >= 4 is 27.7 Å². The molecule has 0 aliphatic heterocycles. The lowest BCUT2D eigenvalue weighted by Gasteiger charge is -1.87. The average molecular weight is 207 g/mol. The van der Waals surface area contributed by atoms with E-state index >= 15 is 0 Å². The molecule has 0 unspecified atom stereocenters. The molecular formula is C5H7BrN2S. The number of H-pyrrole nitrogens is 1. The van der Waals surface area contributed by atoms with Crippen molar-refractivity contribution in [3.63, 3.8) is 0 Å². The van der Waals surface area contributed by atoms with E-state index < -0.39 is 0 Å². The molecule has 2 nitrogen and oxygen atoms in total. The molecule has 9 heavy (non-hydrogen) atoms. The van der Waals surface area contributed by atoms with E-state index in [1.165, 1.54) is 0 Å². The monoisotopic (exact) mass is 206 g/mol. The smallest absolute Gasteiger partial charge is 0.116 e. The molecule has 0 aromatic carbocycles. The van der Waals surface area contributed by atoms with Crippen LogP contribution in [0, 0.1) is 0 Å². The van der Waals surface area contributed by atoms with Crippen LogP contribution in [0.4, 0.5) is 0 Å². The number of nitrogens with zero attached hydrogens (tertiary/aromatic N) is 1. The van der Waals surface area contributed by atoms with Gasteiger partial charge in [0, 0.05) is 0 Å². The molecule has 1 heterocycles. The van der Waals surface area contributed by atoms with Gasteiger partial charge < -0.3 is 4.98 Å². The van der Waals surface area contributed by atoms with Gasteiger partial charge in [0.2, 0.25) is 0 Å². The van der Waals surface area contributed by atoms with Crippen molar-refractivity contribution in [2.75, 3.05) is 6.26 Å². The van der Waals surface area contributed by atoms with Crippen LogP contribution >= 0.6 is 27.7 Å². The predicted molar refractivity (Wildman–Crippen MR) is 43.5 cm³/mol. The van der Waals surface area contributed by atoms with Crippen LogP contribution in [0.25, 0.3) is 0 Å². The first kappa shape index (κ1) is 7.15. The molecule has 50 valence electrons. The van der Waals surface area contributed by atoms with Gasteiger partial charge in [0.15, 0.2) is 0 Å². The molecule has 0 aliphatic carbocycles. The molecule has 0 fully saturated rings. The highest BCUT2D eigenvalue weighted by Crippen LogP contribution is 2.08. The maximum absolute atomic E-state index is 4.08. The van der Waals surface area contributed by atoms with Crippen LogP contribution in [0.2, 0.25) is 0 Å². The van der Waals surface area contributed by atoms with Crippen LogP contribution in [0.5, 0.6) is 0 Å². The normalized spacial score (nSPS) is 10.0. The van der Waals surface area contributed by atoms with E-state index in [4.69, 9.17) is 0 Å². The molecule has 4 heteroatoms. The van der Waals surface area contributed by atoms with E-state index in [-0.39, 0.29) is 0 Å². The van der Waals surface area contributed by atoms with Crippen molar-refractivity contribution < 1.29 is 0 Å². The fraction of sp³-hybridized carbons (Fsp3) is 0.400. The quantitative estimate of drug-likeness (QED) is 0.803. The lowest BCUT2D eigenvalue weighted by molar-refractivity contribution is 1.12. The number of hydrogen-bond donors (Lipinski definition) is 1. The minimum atomic E-state index is 0.950. The Morgan fingerprint density at radius 3 is 3.11 bits per heavy atom. The summed E-state index contributed by atoms with van der Waals surface area (Å²) in [5.41, 5.74) is 0. The third-order valence-corrected chi connectivity index (χ3v) is 1.84. The van der Waals surface area contributed by atoms with E-state index in [9.17, 15) is 0 Å². The highest BCUT2D eigenvalue weighted by molar-refractivity contribution is 9.10. The summed E-state index contributed by atoms with van der Waals surface area (Å²) in [5.74, 6) is 1.97. The highest BCUT2D eigenvalue weighted by atomic mass is 79.9. The minimum absolute atomic E-state index is 0.950. The van der Waals surface area contributed by atoms with Gasteiger partial charge in [-0.15, -0.1) is 0 Å². The molecule has 0 saturated heterocycles. The number of aromatic nitrogens is 2. The van der Waals surface area contributed by atoms with Gasteiger partial charge in [0.1, 0.15) is 10.4 Å². The van der Waals surface area contributed by atoms with Crippen LogP contribution in [0.1, 0.15) is 5.82 Å². The number of rotatable bonds is 2. The van der Waals surface area contributed by atoms with Crippen LogP contribution in [-0.4, -0.2) is 16.2 Å². The van der Waals surface area contributed by atoms with E-state index in [2.05, 4.69) is 32.2 Å². The molecule has 0 atom stereocenters. The van der Waals surface area contributed by atoms with Crippen LogP contribution in [-0.2, 0) is 5.75 Å². The molecule has 1 aromatic heterocycles. The SMILES string of the molecule is CSCc1ncc(Br)[nH]1. The van der Waals surface area contributed by atoms with Gasteiger partial charge in [-0.25, -0.2) is 4.98 Å². The molecule has 0 bridgehead atoms. The Morgan fingerprint density at radius 1 is 1.89 bits per heavy atom. The Morgan fingerprint density at radius 2 is 2.67 bits per heavy atom. The summed E-state index contributed by atoms with van der Waals surface area (Å²) in [5, 5.41) is 0. The Bertz CT molecular complexity index is 187. The lowest BCUT2D eigenvalue weighted by Crippen LogP contribution is -1.80. The second-order valence-corrected chi connectivity index (χ2v) is 3.33. The first-order valence-electron chi connectivity index (χ1n) is 2.51. The maximum Gasteiger partial charge on any atom is 0.116 e. The van der Waals surface area contributed by atoms with Gasteiger partial charge in [0.25, 0.3) is 0 Å². The third kappa shape index (κ3) is 2.02. The Labute approximate surface area is 66.6 Å². The molecular weight excluding hydrogens is 200 g/mol. The summed E-state index contributed by atoms with van der Waals surface area (Å²) in [6.07, 6.45) is 3.82. The zero-order valence-corrected chi connectivity index (χ0v) is 7.42. The number of hydrogen-bond acceptors (Lipinski definition) is 2. The third-order valence-electron chi connectivity index (χ3n) is 0.878. The molecule has 0 radical (unpaired) electrons. The summed E-state index contributed by atoms with van der Waals surface area (Å²) in [4.78, 5) is 7.14. The summed E-state index contributed by atoms with van der Waals surface area (Å²) in [7, 11) is 0. The largest absolute Gasteiger partial charge is 0.336 e. The maximum atomic E-state index is 4.08. The first-order valence-corrected chi connectivity index (χ1v) is 4.70. The van der Waals surface area contributed by atoms with Gasteiger partial charge in [-0.1, -0.05) is 0 Å². The fourth-order valence-electron chi connectivity index (χ4n) is 0.547. The van der Waals surface area contributed by atoms with Gasteiger partial charge in [-0.05, 0) is 22.2 Å². The number of nitrogens with one attached hydrogen (secondary N) is 1. The van der Waals surface area contributed by atoms with Crippen molar-refractivity contribution in [1.82, 2.24) is 9.97 Å². The number of halogens is 1. The molecule has 0 spiro atoms. The lowest BCUT2D eigenvalue weighted by atomic mass is 10.7. The summed E-state index contributed by atoms with van der Waals surface area (Å²) in [6, 6.07) is 0.